The van der Waals surface area contributed by atoms with E-state index in [9.17, 15) is 9.90 Å². The van der Waals surface area contributed by atoms with E-state index in [0.29, 0.717) is 17.8 Å². The Kier molecular flexibility index (Phi) is 5.22. The molecule has 3 rings (SSSR count). The number of phenols is 1. The fourth-order valence-electron chi connectivity index (χ4n) is 2.82. The van der Waals surface area contributed by atoms with Crippen molar-refractivity contribution in [2.24, 2.45) is 0 Å². The lowest BCUT2D eigenvalue weighted by Gasteiger charge is -2.11. The van der Waals surface area contributed by atoms with Gasteiger partial charge in [-0.2, -0.15) is 5.21 Å². The number of ketones is 1. The van der Waals surface area contributed by atoms with Crippen LogP contribution < -0.4 is 0 Å². The molecule has 1 heterocycles. The average molecular weight is 348 g/mol. The van der Waals surface area contributed by atoms with Crippen LogP contribution in [0.4, 0.5) is 0 Å². The molecule has 2 N–H and O–H groups in total. The quantitative estimate of drug-likeness (QED) is 0.521. The van der Waals surface area contributed by atoms with Gasteiger partial charge >= 0.3 is 0 Å². The summed E-state index contributed by atoms with van der Waals surface area (Å²) in [5.74, 6) is 0.511. The van der Waals surface area contributed by atoms with Crippen molar-refractivity contribution in [1.82, 2.24) is 20.6 Å². The Morgan fingerprint density at radius 1 is 1.15 bits per heavy atom. The van der Waals surface area contributed by atoms with Crippen LogP contribution in [0.1, 0.15) is 47.3 Å². The van der Waals surface area contributed by atoms with E-state index in [-0.39, 0.29) is 11.5 Å². The molecule has 6 nitrogen and oxygen atoms in total. The number of aromatic hydroxyl groups is 1. The molecular formula is C20H20N4O2. The molecule has 0 saturated heterocycles. The molecule has 0 fully saturated rings. The van der Waals surface area contributed by atoms with Crippen molar-refractivity contribution in [3.05, 3.63) is 58.7 Å². The topological polar surface area (TPSA) is 91.8 Å². The van der Waals surface area contributed by atoms with Gasteiger partial charge in [-0.05, 0) is 35.8 Å². The first-order valence-corrected chi connectivity index (χ1v) is 8.48. The second-order valence-electron chi connectivity index (χ2n) is 6.03. The lowest BCUT2D eigenvalue weighted by atomic mass is 9.96. The van der Waals surface area contributed by atoms with Crippen LogP contribution in [0.5, 0.6) is 5.75 Å². The first kappa shape index (κ1) is 17.5. The number of hydrogen-bond acceptors (Lipinski definition) is 5. The van der Waals surface area contributed by atoms with Crippen LogP contribution in [0.25, 0.3) is 23.5 Å². The summed E-state index contributed by atoms with van der Waals surface area (Å²) >= 11 is 0. The van der Waals surface area contributed by atoms with Crippen molar-refractivity contribution in [2.75, 3.05) is 0 Å². The van der Waals surface area contributed by atoms with Crippen molar-refractivity contribution in [2.45, 2.75) is 26.7 Å². The summed E-state index contributed by atoms with van der Waals surface area (Å²) in [4.78, 5) is 11.6. The van der Waals surface area contributed by atoms with Crippen molar-refractivity contribution in [1.29, 1.82) is 0 Å². The number of nitrogens with one attached hydrogen (secondary N) is 1. The zero-order valence-corrected chi connectivity index (χ0v) is 14.7. The van der Waals surface area contributed by atoms with E-state index in [1.54, 1.807) is 6.07 Å². The summed E-state index contributed by atoms with van der Waals surface area (Å²) in [7, 11) is 0. The number of Topliss-reactive ketones (excluding diaryl/α,β-unsaturated/α-hetero) is 1. The summed E-state index contributed by atoms with van der Waals surface area (Å²) in [5.41, 5.74) is 3.98. The zero-order valence-electron chi connectivity index (χ0n) is 14.7. The Bertz CT molecular complexity index is 929. The Morgan fingerprint density at radius 2 is 1.92 bits per heavy atom. The summed E-state index contributed by atoms with van der Waals surface area (Å²) < 4.78 is 0. The number of nitrogens with zero attached hydrogens (tertiary/aromatic N) is 3. The molecule has 0 aliphatic heterocycles. The van der Waals surface area contributed by atoms with Crippen LogP contribution in [0.2, 0.25) is 0 Å². The Labute approximate surface area is 151 Å². The Hall–Kier alpha value is -3.28. The van der Waals surface area contributed by atoms with Gasteiger partial charge in [0, 0.05) is 11.1 Å². The van der Waals surface area contributed by atoms with E-state index in [1.165, 1.54) is 6.92 Å². The molecule has 0 atom stereocenters. The molecular weight excluding hydrogens is 328 g/mol. The van der Waals surface area contributed by atoms with Gasteiger partial charge in [0.1, 0.15) is 5.75 Å². The van der Waals surface area contributed by atoms with Gasteiger partial charge in [-0.25, -0.2) is 0 Å². The summed E-state index contributed by atoms with van der Waals surface area (Å²) in [6.45, 7) is 3.51. The van der Waals surface area contributed by atoms with Gasteiger partial charge in [0.2, 0.25) is 5.82 Å². The molecule has 0 bridgehead atoms. The Balaban J connectivity index is 1.88. The molecule has 0 amide bonds. The predicted molar refractivity (Wildman–Crippen MR) is 101 cm³/mol. The molecule has 1 aromatic heterocycles. The molecule has 0 unspecified atom stereocenters. The molecule has 0 aliphatic carbocycles. The van der Waals surface area contributed by atoms with E-state index < -0.39 is 0 Å². The minimum atomic E-state index is -0.132. The molecule has 0 saturated carbocycles. The maximum Gasteiger partial charge on any atom is 0.204 e. The molecule has 6 heteroatoms. The van der Waals surface area contributed by atoms with Crippen molar-refractivity contribution in [3.8, 4) is 17.1 Å². The molecule has 132 valence electrons. The fraction of sp³-hybridized carbons (Fsp3) is 0.200. The van der Waals surface area contributed by atoms with Gasteiger partial charge in [0.05, 0.1) is 5.56 Å². The minimum Gasteiger partial charge on any atom is -0.507 e. The normalized spacial score (nSPS) is 11.2. The molecule has 0 radical (unpaired) electrons. The number of phenolic OH excluding ortho intramolecular Hbond substituents is 1. The number of carbonyl (C=O) groups is 1. The van der Waals surface area contributed by atoms with Gasteiger partial charge in [-0.1, -0.05) is 55.8 Å². The number of benzene rings is 2. The van der Waals surface area contributed by atoms with Crippen LogP contribution in [-0.2, 0) is 6.42 Å². The molecule has 26 heavy (non-hydrogen) atoms. The maximum atomic E-state index is 11.6. The first-order valence-electron chi connectivity index (χ1n) is 8.48. The van der Waals surface area contributed by atoms with Gasteiger partial charge in [0.15, 0.2) is 5.78 Å². The number of tetrazole rings is 1. The largest absolute Gasteiger partial charge is 0.507 e. The number of H-pyrrole nitrogens is 1. The molecule has 2 aromatic carbocycles. The first-order chi connectivity index (χ1) is 12.6. The monoisotopic (exact) mass is 348 g/mol. The number of carbonyl (C=O) groups excluding carboxylic acids is 1. The Morgan fingerprint density at radius 3 is 2.54 bits per heavy atom. The highest BCUT2D eigenvalue weighted by molar-refractivity contribution is 5.97. The third-order valence-electron chi connectivity index (χ3n) is 4.17. The van der Waals surface area contributed by atoms with Crippen LogP contribution in [0.3, 0.4) is 0 Å². The highest BCUT2D eigenvalue weighted by Gasteiger charge is 2.13. The summed E-state index contributed by atoms with van der Waals surface area (Å²) in [5, 5.41) is 24.3. The minimum absolute atomic E-state index is 0.0916. The van der Waals surface area contributed by atoms with Gasteiger partial charge < -0.3 is 5.11 Å². The van der Waals surface area contributed by atoms with Crippen molar-refractivity contribution >= 4 is 17.9 Å². The van der Waals surface area contributed by atoms with Crippen LogP contribution in [0.15, 0.2) is 36.4 Å². The summed E-state index contributed by atoms with van der Waals surface area (Å²) in [6, 6.07) is 11.3. The van der Waals surface area contributed by atoms with Crippen molar-refractivity contribution < 1.29 is 9.90 Å². The van der Waals surface area contributed by atoms with Crippen LogP contribution in [-0.4, -0.2) is 31.5 Å². The molecule has 3 aromatic rings. The second-order valence-corrected chi connectivity index (χ2v) is 6.03. The lowest BCUT2D eigenvalue weighted by molar-refractivity contribution is 0.101. The highest BCUT2D eigenvalue weighted by Crippen LogP contribution is 2.29. The predicted octanol–water partition coefficient (Wildman–Crippen LogP) is 3.90. The zero-order chi connectivity index (χ0) is 18.5. The third kappa shape index (κ3) is 3.69. The van der Waals surface area contributed by atoms with E-state index in [4.69, 9.17) is 0 Å². The average Bonchev–Trinajstić information content (AvgIpc) is 3.17. The number of aromatic nitrogens is 4. The maximum absolute atomic E-state index is 11.6. The highest BCUT2D eigenvalue weighted by atomic mass is 16.3. The number of rotatable bonds is 6. The van der Waals surface area contributed by atoms with Crippen molar-refractivity contribution in [3.63, 3.8) is 0 Å². The van der Waals surface area contributed by atoms with Gasteiger partial charge in [0.25, 0.3) is 0 Å². The molecule has 0 aliphatic rings. The van der Waals surface area contributed by atoms with Gasteiger partial charge in [-0.3, -0.25) is 4.79 Å². The standard InChI is InChI=1S/C20H20N4O2/c1-3-4-18-15(11-12-17(13(2)25)19(18)26)8-5-14-6-9-16(10-7-14)20-21-23-24-22-20/h5-12,26H,3-4H2,1-2H3,(H,21,22,23,24)/b8-5+. The van der Waals surface area contributed by atoms with Gasteiger partial charge in [-0.15, -0.1) is 10.2 Å². The smallest absolute Gasteiger partial charge is 0.204 e. The lowest BCUT2D eigenvalue weighted by Crippen LogP contribution is -1.98. The fourth-order valence-corrected chi connectivity index (χ4v) is 2.82. The van der Waals surface area contributed by atoms with E-state index in [2.05, 4.69) is 20.6 Å². The van der Waals surface area contributed by atoms with E-state index in [1.807, 2.05) is 49.4 Å². The van der Waals surface area contributed by atoms with E-state index >= 15 is 0 Å². The summed E-state index contributed by atoms with van der Waals surface area (Å²) in [6.07, 6.45) is 5.53. The SMILES string of the molecule is CCCc1c(/C=C/c2ccc(-c3nn[nH]n3)cc2)ccc(C(C)=O)c1O. The van der Waals surface area contributed by atoms with E-state index in [0.717, 1.165) is 28.7 Å². The third-order valence-corrected chi connectivity index (χ3v) is 4.17. The second kappa shape index (κ2) is 7.74. The number of hydrogen-bond donors (Lipinski definition) is 2. The van der Waals surface area contributed by atoms with Crippen LogP contribution >= 0.6 is 0 Å². The molecule has 0 spiro atoms. The van der Waals surface area contributed by atoms with Crippen LogP contribution in [0, 0.1) is 0 Å². The number of aromatic amines is 1.